The molecule has 6 heteroatoms. The fourth-order valence-corrected chi connectivity index (χ4v) is 3.42. The summed E-state index contributed by atoms with van der Waals surface area (Å²) in [6.07, 6.45) is 3.76. The number of anilines is 1. The minimum Gasteiger partial charge on any atom is -0.354 e. The zero-order valence-electron chi connectivity index (χ0n) is 13.8. The maximum atomic E-state index is 12.0. The normalized spacial score (nSPS) is 20.0. The Labute approximate surface area is 141 Å². The molecule has 3 rings (SSSR count). The molecule has 0 spiro atoms. The molecule has 6 nitrogen and oxygen atoms in total. The third kappa shape index (κ3) is 2.58. The van der Waals surface area contributed by atoms with Crippen molar-refractivity contribution in [2.24, 2.45) is 0 Å². The van der Waals surface area contributed by atoms with Gasteiger partial charge in [0, 0.05) is 25.0 Å². The van der Waals surface area contributed by atoms with Crippen LogP contribution in [-0.4, -0.2) is 46.5 Å². The number of nitriles is 1. The van der Waals surface area contributed by atoms with E-state index in [1.165, 1.54) is 12.4 Å². The Kier molecular flexibility index (Phi) is 4.17. The molecule has 0 aliphatic carbocycles. The Hall–Kier alpha value is -2.94. The molecule has 0 bridgehead atoms. The predicted molar refractivity (Wildman–Crippen MR) is 92.4 cm³/mol. The standard InChI is InChI=1S/C18H19N5O/c1-4-17(24)23-8-7-16(12(23)2)22(3)18-14-9-13(10-19)5-6-15(14)20-11-21-18/h4-6,9,11-12,16H,1,7-8H2,2-3H3. The summed E-state index contributed by atoms with van der Waals surface area (Å²) in [5.74, 6) is 0.736. The first-order valence-electron chi connectivity index (χ1n) is 7.87. The van der Waals surface area contributed by atoms with Crippen molar-refractivity contribution >= 4 is 22.6 Å². The Balaban J connectivity index is 1.97. The molecule has 24 heavy (non-hydrogen) atoms. The Morgan fingerprint density at radius 3 is 3.00 bits per heavy atom. The minimum atomic E-state index is -0.0438. The number of likely N-dealkylation sites (N-methyl/N-ethyl adjacent to an activating group) is 1. The highest BCUT2D eigenvalue weighted by Crippen LogP contribution is 2.30. The van der Waals surface area contributed by atoms with Crippen LogP contribution < -0.4 is 4.90 Å². The van der Waals surface area contributed by atoms with Gasteiger partial charge in [0.25, 0.3) is 0 Å². The van der Waals surface area contributed by atoms with Gasteiger partial charge in [-0.1, -0.05) is 6.58 Å². The third-order valence-corrected chi connectivity index (χ3v) is 4.75. The third-order valence-electron chi connectivity index (χ3n) is 4.75. The van der Waals surface area contributed by atoms with Gasteiger partial charge in [-0.05, 0) is 37.6 Å². The molecule has 1 aliphatic rings. The predicted octanol–water partition coefficient (Wildman–Crippen LogP) is 2.11. The van der Waals surface area contributed by atoms with Gasteiger partial charge >= 0.3 is 0 Å². The summed E-state index contributed by atoms with van der Waals surface area (Å²) in [5, 5.41) is 9.99. The lowest BCUT2D eigenvalue weighted by Gasteiger charge is -2.31. The molecule has 2 heterocycles. The van der Waals surface area contributed by atoms with Crippen LogP contribution in [0.25, 0.3) is 10.9 Å². The van der Waals surface area contributed by atoms with E-state index < -0.39 is 0 Å². The van der Waals surface area contributed by atoms with Crippen LogP contribution in [0.4, 0.5) is 5.82 Å². The molecule has 1 aliphatic heterocycles. The molecule has 0 radical (unpaired) electrons. The van der Waals surface area contributed by atoms with Gasteiger partial charge < -0.3 is 9.80 Å². The first-order valence-corrected chi connectivity index (χ1v) is 7.87. The van der Waals surface area contributed by atoms with E-state index in [0.29, 0.717) is 12.1 Å². The summed E-state index contributed by atoms with van der Waals surface area (Å²) < 4.78 is 0. The number of rotatable bonds is 3. The second-order valence-electron chi connectivity index (χ2n) is 5.98. The van der Waals surface area contributed by atoms with Crippen LogP contribution in [0.5, 0.6) is 0 Å². The fourth-order valence-electron chi connectivity index (χ4n) is 3.42. The fraction of sp³-hybridized carbons (Fsp3) is 0.333. The first-order chi connectivity index (χ1) is 11.6. The Morgan fingerprint density at radius 2 is 2.29 bits per heavy atom. The molecule has 0 saturated carbocycles. The van der Waals surface area contributed by atoms with E-state index in [1.54, 1.807) is 6.07 Å². The molecular formula is C18H19N5O. The number of aromatic nitrogens is 2. The molecule has 122 valence electrons. The van der Waals surface area contributed by atoms with Crippen molar-refractivity contribution < 1.29 is 4.79 Å². The number of fused-ring (bicyclic) bond motifs is 1. The van der Waals surface area contributed by atoms with E-state index in [9.17, 15) is 4.79 Å². The van der Waals surface area contributed by atoms with Gasteiger partial charge in [-0.15, -0.1) is 0 Å². The highest BCUT2D eigenvalue weighted by Gasteiger charge is 2.36. The van der Waals surface area contributed by atoms with Crippen LogP contribution >= 0.6 is 0 Å². The van der Waals surface area contributed by atoms with Crippen molar-refractivity contribution in [2.45, 2.75) is 25.4 Å². The number of carbonyl (C=O) groups is 1. The van der Waals surface area contributed by atoms with Gasteiger partial charge in [0.2, 0.25) is 5.91 Å². The maximum absolute atomic E-state index is 12.0. The molecule has 0 N–H and O–H groups in total. The number of nitrogens with zero attached hydrogens (tertiary/aromatic N) is 5. The average Bonchev–Trinajstić information content (AvgIpc) is 3.00. The van der Waals surface area contributed by atoms with Gasteiger partial charge in [-0.25, -0.2) is 9.97 Å². The molecule has 2 unspecified atom stereocenters. The lowest BCUT2D eigenvalue weighted by atomic mass is 10.1. The number of benzene rings is 1. The molecule has 1 amide bonds. The van der Waals surface area contributed by atoms with Crippen LogP contribution in [-0.2, 0) is 4.79 Å². The highest BCUT2D eigenvalue weighted by molar-refractivity contribution is 5.91. The molecule has 1 saturated heterocycles. The van der Waals surface area contributed by atoms with Crippen molar-refractivity contribution in [3.63, 3.8) is 0 Å². The number of carbonyl (C=O) groups excluding carboxylic acids is 1. The molecule has 2 aromatic rings. The minimum absolute atomic E-state index is 0.0438. The lowest BCUT2D eigenvalue weighted by Crippen LogP contribution is -2.43. The van der Waals surface area contributed by atoms with Crippen LogP contribution in [0.1, 0.15) is 18.9 Å². The zero-order chi connectivity index (χ0) is 17.3. The molecule has 1 aromatic carbocycles. The smallest absolute Gasteiger partial charge is 0.246 e. The van der Waals surface area contributed by atoms with Crippen LogP contribution in [0.2, 0.25) is 0 Å². The number of likely N-dealkylation sites (tertiary alicyclic amines) is 1. The van der Waals surface area contributed by atoms with E-state index in [1.807, 2.05) is 31.0 Å². The topological polar surface area (TPSA) is 73.1 Å². The largest absolute Gasteiger partial charge is 0.354 e. The lowest BCUT2D eigenvalue weighted by molar-refractivity contribution is -0.126. The summed E-state index contributed by atoms with van der Waals surface area (Å²) >= 11 is 0. The van der Waals surface area contributed by atoms with Crippen LogP contribution in [0.3, 0.4) is 0 Å². The first kappa shape index (κ1) is 15.9. The van der Waals surface area contributed by atoms with E-state index in [4.69, 9.17) is 5.26 Å². The quantitative estimate of drug-likeness (QED) is 0.810. The highest BCUT2D eigenvalue weighted by atomic mass is 16.2. The summed E-state index contributed by atoms with van der Waals surface area (Å²) in [5.41, 5.74) is 1.38. The number of hydrogen-bond donors (Lipinski definition) is 0. The van der Waals surface area contributed by atoms with Gasteiger partial charge in [0.05, 0.1) is 23.2 Å². The SMILES string of the molecule is C=CC(=O)N1CCC(N(C)c2ncnc3ccc(C#N)cc23)C1C. The molecule has 1 fully saturated rings. The van der Waals surface area contributed by atoms with Crippen molar-refractivity contribution in [1.82, 2.24) is 14.9 Å². The Morgan fingerprint density at radius 1 is 1.50 bits per heavy atom. The monoisotopic (exact) mass is 321 g/mol. The van der Waals surface area contributed by atoms with Crippen molar-refractivity contribution in [3.8, 4) is 6.07 Å². The second-order valence-corrected chi connectivity index (χ2v) is 5.98. The van der Waals surface area contributed by atoms with Gasteiger partial charge in [-0.3, -0.25) is 4.79 Å². The number of amides is 1. The summed E-state index contributed by atoms with van der Waals surface area (Å²) in [4.78, 5) is 24.6. The molecule has 2 atom stereocenters. The maximum Gasteiger partial charge on any atom is 0.246 e. The van der Waals surface area contributed by atoms with Gasteiger partial charge in [0.1, 0.15) is 12.1 Å². The van der Waals surface area contributed by atoms with E-state index in [-0.39, 0.29) is 18.0 Å². The summed E-state index contributed by atoms with van der Waals surface area (Å²) in [7, 11) is 1.98. The number of hydrogen-bond acceptors (Lipinski definition) is 5. The van der Waals surface area contributed by atoms with E-state index in [0.717, 1.165) is 23.1 Å². The van der Waals surface area contributed by atoms with Gasteiger partial charge in [0.15, 0.2) is 0 Å². The summed E-state index contributed by atoms with van der Waals surface area (Å²) in [6.45, 7) is 6.31. The van der Waals surface area contributed by atoms with E-state index in [2.05, 4.69) is 27.5 Å². The Bertz CT molecular complexity index is 841. The van der Waals surface area contributed by atoms with Crippen LogP contribution in [0, 0.1) is 11.3 Å². The van der Waals surface area contributed by atoms with Crippen molar-refractivity contribution in [2.75, 3.05) is 18.5 Å². The van der Waals surface area contributed by atoms with Crippen molar-refractivity contribution in [3.05, 3.63) is 42.7 Å². The molecule has 1 aromatic heterocycles. The van der Waals surface area contributed by atoms with Gasteiger partial charge in [-0.2, -0.15) is 5.26 Å². The van der Waals surface area contributed by atoms with Crippen LogP contribution in [0.15, 0.2) is 37.2 Å². The average molecular weight is 321 g/mol. The van der Waals surface area contributed by atoms with Crippen molar-refractivity contribution in [1.29, 1.82) is 5.26 Å². The zero-order valence-corrected chi connectivity index (χ0v) is 13.8. The summed E-state index contributed by atoms with van der Waals surface area (Å²) in [6, 6.07) is 7.76. The molecular weight excluding hydrogens is 302 g/mol. The van der Waals surface area contributed by atoms with E-state index >= 15 is 0 Å². The second kappa shape index (κ2) is 6.28.